The molecule has 2 aromatic rings. The van der Waals surface area contributed by atoms with Crippen LogP contribution in [0.4, 0.5) is 4.39 Å². The van der Waals surface area contributed by atoms with Crippen LogP contribution in [0.5, 0.6) is 0 Å². The summed E-state index contributed by atoms with van der Waals surface area (Å²) in [5.74, 6) is 1.45. The largest absolute Gasteiger partial charge is 0.338 e. The smallest absolute Gasteiger partial charge is 0.253 e. The third-order valence-electron chi connectivity index (χ3n) is 5.09. The van der Waals surface area contributed by atoms with Crippen LogP contribution in [0.15, 0.2) is 30.5 Å². The highest BCUT2D eigenvalue weighted by Gasteiger charge is 2.42. The van der Waals surface area contributed by atoms with Gasteiger partial charge in [-0.1, -0.05) is 19.9 Å². The minimum atomic E-state index is -0.375. The SMILES string of the molecule is CC(C)c1ncc2c(n1)C[C@H]1CN(C(=O)c3cccc(F)c3)C[C@@H]21. The van der Waals surface area contributed by atoms with Crippen molar-refractivity contribution in [2.45, 2.75) is 32.1 Å². The zero-order valence-electron chi connectivity index (χ0n) is 13.9. The fourth-order valence-electron chi connectivity index (χ4n) is 3.84. The Bertz CT molecular complexity index is 805. The van der Waals surface area contributed by atoms with Crippen LogP contribution < -0.4 is 0 Å². The van der Waals surface area contributed by atoms with Gasteiger partial charge in [0.2, 0.25) is 0 Å². The first kappa shape index (κ1) is 15.2. The van der Waals surface area contributed by atoms with Gasteiger partial charge >= 0.3 is 0 Å². The molecule has 124 valence electrons. The second-order valence-electron chi connectivity index (χ2n) is 7.08. The molecule has 4 rings (SSSR count). The Morgan fingerprint density at radius 1 is 1.33 bits per heavy atom. The number of carbonyl (C=O) groups is 1. The van der Waals surface area contributed by atoms with Crippen LogP contribution in [-0.4, -0.2) is 33.9 Å². The summed E-state index contributed by atoms with van der Waals surface area (Å²) in [6.45, 7) is 5.55. The predicted octanol–water partition coefficient (Wildman–Crippen LogP) is 3.15. The zero-order valence-corrected chi connectivity index (χ0v) is 13.9. The van der Waals surface area contributed by atoms with Crippen LogP contribution in [0.2, 0.25) is 0 Å². The van der Waals surface area contributed by atoms with Crippen molar-refractivity contribution < 1.29 is 9.18 Å². The number of nitrogens with zero attached hydrogens (tertiary/aromatic N) is 3. The molecule has 0 unspecified atom stereocenters. The van der Waals surface area contributed by atoms with Crippen LogP contribution in [0, 0.1) is 11.7 Å². The van der Waals surface area contributed by atoms with Crippen molar-refractivity contribution in [1.82, 2.24) is 14.9 Å². The normalized spacial score (nSPS) is 21.9. The van der Waals surface area contributed by atoms with E-state index >= 15 is 0 Å². The van der Waals surface area contributed by atoms with Crippen LogP contribution in [-0.2, 0) is 6.42 Å². The van der Waals surface area contributed by atoms with Gasteiger partial charge in [0.1, 0.15) is 11.6 Å². The molecule has 0 spiro atoms. The minimum absolute atomic E-state index is 0.0924. The molecule has 1 aliphatic heterocycles. The first-order valence-corrected chi connectivity index (χ1v) is 8.43. The van der Waals surface area contributed by atoms with E-state index in [0.717, 1.165) is 17.9 Å². The Kier molecular flexibility index (Phi) is 3.59. The lowest BCUT2D eigenvalue weighted by Crippen LogP contribution is -2.29. The van der Waals surface area contributed by atoms with Crippen molar-refractivity contribution in [3.05, 3.63) is 58.9 Å². The second kappa shape index (κ2) is 5.65. The van der Waals surface area contributed by atoms with Crippen LogP contribution >= 0.6 is 0 Å². The summed E-state index contributed by atoms with van der Waals surface area (Å²) >= 11 is 0. The Hall–Kier alpha value is -2.30. The van der Waals surface area contributed by atoms with E-state index in [4.69, 9.17) is 4.98 Å². The number of hydrogen-bond donors (Lipinski definition) is 0. The fraction of sp³-hybridized carbons (Fsp3) is 0.421. The maximum atomic E-state index is 13.4. The molecule has 1 aromatic carbocycles. The van der Waals surface area contributed by atoms with E-state index in [9.17, 15) is 9.18 Å². The lowest BCUT2D eigenvalue weighted by atomic mass is 9.97. The minimum Gasteiger partial charge on any atom is -0.338 e. The van der Waals surface area contributed by atoms with Crippen molar-refractivity contribution in [2.24, 2.45) is 5.92 Å². The monoisotopic (exact) mass is 325 g/mol. The number of likely N-dealkylation sites (tertiary alicyclic amines) is 1. The number of hydrogen-bond acceptors (Lipinski definition) is 3. The molecule has 2 atom stereocenters. The molecule has 0 radical (unpaired) electrons. The summed E-state index contributed by atoms with van der Waals surface area (Å²) in [6.07, 6.45) is 2.84. The first-order valence-electron chi connectivity index (χ1n) is 8.43. The van der Waals surface area contributed by atoms with Gasteiger partial charge in [0.15, 0.2) is 0 Å². The van der Waals surface area contributed by atoms with Gasteiger partial charge in [-0.3, -0.25) is 4.79 Å². The van der Waals surface area contributed by atoms with Crippen molar-refractivity contribution in [3.63, 3.8) is 0 Å². The van der Waals surface area contributed by atoms with Crippen LogP contribution in [0.1, 0.15) is 53.1 Å². The van der Waals surface area contributed by atoms with Gasteiger partial charge in [-0.05, 0) is 36.1 Å². The van der Waals surface area contributed by atoms with Gasteiger partial charge < -0.3 is 4.90 Å². The average molecular weight is 325 g/mol. The van der Waals surface area contributed by atoms with Gasteiger partial charge in [-0.15, -0.1) is 0 Å². The second-order valence-corrected chi connectivity index (χ2v) is 7.08. The highest BCUT2D eigenvalue weighted by Crippen LogP contribution is 2.42. The Morgan fingerprint density at radius 3 is 2.92 bits per heavy atom. The molecule has 0 saturated carbocycles. The number of aromatic nitrogens is 2. The van der Waals surface area contributed by atoms with Crippen molar-refractivity contribution >= 4 is 5.91 Å². The highest BCUT2D eigenvalue weighted by molar-refractivity contribution is 5.94. The number of halogens is 1. The average Bonchev–Trinajstić information content (AvgIpc) is 3.11. The quantitative estimate of drug-likeness (QED) is 0.852. The number of amides is 1. The molecule has 1 amide bonds. The van der Waals surface area contributed by atoms with E-state index in [1.807, 2.05) is 11.1 Å². The standard InChI is InChI=1S/C19H20FN3O/c1-11(2)18-21-8-15-16-10-23(9-13(16)7-17(15)22-18)19(24)12-4-3-5-14(20)6-12/h3-6,8,11,13,16H,7,9-10H2,1-2H3/t13-,16+/m0/s1. The van der Waals surface area contributed by atoms with Gasteiger partial charge in [0, 0.05) is 42.4 Å². The third kappa shape index (κ3) is 2.48. The maximum Gasteiger partial charge on any atom is 0.253 e. The van der Waals surface area contributed by atoms with Gasteiger partial charge in [-0.25, -0.2) is 14.4 Å². The molecule has 1 fully saturated rings. The van der Waals surface area contributed by atoms with Crippen LogP contribution in [0.25, 0.3) is 0 Å². The lowest BCUT2D eigenvalue weighted by Gasteiger charge is -2.18. The van der Waals surface area contributed by atoms with Crippen LogP contribution in [0.3, 0.4) is 0 Å². The Morgan fingerprint density at radius 2 is 2.17 bits per heavy atom. The summed E-state index contributed by atoms with van der Waals surface area (Å²) in [7, 11) is 0. The molecular formula is C19H20FN3O. The number of carbonyl (C=O) groups excluding carboxylic acids is 1. The molecule has 24 heavy (non-hydrogen) atoms. The van der Waals surface area contributed by atoms with Gasteiger partial charge in [0.05, 0.1) is 0 Å². The summed E-state index contributed by atoms with van der Waals surface area (Å²) in [5.41, 5.74) is 2.74. The van der Waals surface area contributed by atoms with Crippen molar-refractivity contribution in [3.8, 4) is 0 Å². The molecule has 2 heterocycles. The number of fused-ring (bicyclic) bond motifs is 3. The Labute approximate surface area is 140 Å². The van der Waals surface area contributed by atoms with Gasteiger partial charge in [-0.2, -0.15) is 0 Å². The predicted molar refractivity (Wildman–Crippen MR) is 88.4 cm³/mol. The zero-order chi connectivity index (χ0) is 16.8. The maximum absolute atomic E-state index is 13.4. The summed E-state index contributed by atoms with van der Waals surface area (Å²) in [6, 6.07) is 5.92. The molecule has 1 saturated heterocycles. The summed E-state index contributed by atoms with van der Waals surface area (Å²) in [4.78, 5) is 23.6. The molecule has 5 heteroatoms. The van der Waals surface area contributed by atoms with Crippen molar-refractivity contribution in [2.75, 3.05) is 13.1 Å². The van der Waals surface area contributed by atoms with E-state index in [-0.39, 0.29) is 11.7 Å². The molecule has 0 N–H and O–H groups in total. The molecular weight excluding hydrogens is 305 g/mol. The molecule has 0 bridgehead atoms. The molecule has 4 nitrogen and oxygen atoms in total. The van der Waals surface area contributed by atoms with Gasteiger partial charge in [0.25, 0.3) is 5.91 Å². The first-order chi connectivity index (χ1) is 11.5. The van der Waals surface area contributed by atoms with E-state index < -0.39 is 0 Å². The molecule has 2 aliphatic rings. The third-order valence-corrected chi connectivity index (χ3v) is 5.09. The number of rotatable bonds is 2. The van der Waals surface area contributed by atoms with E-state index in [2.05, 4.69) is 18.8 Å². The van der Waals surface area contributed by atoms with E-state index in [0.29, 0.717) is 36.4 Å². The van der Waals surface area contributed by atoms with E-state index in [1.165, 1.54) is 17.7 Å². The van der Waals surface area contributed by atoms with Crippen molar-refractivity contribution in [1.29, 1.82) is 0 Å². The summed E-state index contributed by atoms with van der Waals surface area (Å²) in [5, 5.41) is 0. The topological polar surface area (TPSA) is 46.1 Å². The fourth-order valence-corrected chi connectivity index (χ4v) is 3.84. The highest BCUT2D eigenvalue weighted by atomic mass is 19.1. The summed E-state index contributed by atoms with van der Waals surface area (Å²) < 4.78 is 13.4. The van der Waals surface area contributed by atoms with E-state index in [1.54, 1.807) is 12.1 Å². The molecule has 1 aromatic heterocycles. The number of benzene rings is 1. The Balaban J connectivity index is 1.55. The molecule has 1 aliphatic carbocycles. The lowest BCUT2D eigenvalue weighted by molar-refractivity contribution is 0.0784.